The molecule has 3 rings (SSSR count). The first-order valence-corrected chi connectivity index (χ1v) is 9.91. The van der Waals surface area contributed by atoms with E-state index in [1.54, 1.807) is 29.2 Å². The van der Waals surface area contributed by atoms with Crippen molar-refractivity contribution in [2.45, 2.75) is 31.8 Å². The summed E-state index contributed by atoms with van der Waals surface area (Å²) in [5.74, 6) is -0.423. The molecule has 0 saturated carbocycles. The molecule has 7 heteroatoms. The van der Waals surface area contributed by atoms with Gasteiger partial charge in [-0.2, -0.15) is 0 Å². The van der Waals surface area contributed by atoms with Gasteiger partial charge in [0.05, 0.1) is 10.6 Å². The largest absolute Gasteiger partial charge is 0.340 e. The van der Waals surface area contributed by atoms with Crippen LogP contribution in [0.5, 0.6) is 0 Å². The maximum atomic E-state index is 13.2. The quantitative estimate of drug-likeness (QED) is 0.754. The van der Waals surface area contributed by atoms with Crippen molar-refractivity contribution in [3.8, 4) is 0 Å². The number of hydrogen-bond acceptors (Lipinski definition) is 3. The van der Waals surface area contributed by atoms with E-state index in [1.807, 2.05) is 44.2 Å². The number of benzene rings is 2. The maximum absolute atomic E-state index is 13.2. The molecule has 156 valence electrons. The minimum Gasteiger partial charge on any atom is -0.340 e. The van der Waals surface area contributed by atoms with Crippen LogP contribution >= 0.6 is 24.0 Å². The van der Waals surface area contributed by atoms with Gasteiger partial charge < -0.3 is 16.0 Å². The molecule has 0 aromatic heterocycles. The van der Waals surface area contributed by atoms with Gasteiger partial charge in [-0.15, -0.1) is 12.4 Å². The summed E-state index contributed by atoms with van der Waals surface area (Å²) in [6.07, 6.45) is 0. The van der Waals surface area contributed by atoms with Crippen LogP contribution in [-0.2, 0) is 4.79 Å². The summed E-state index contributed by atoms with van der Waals surface area (Å²) in [6.45, 7) is 4.86. The van der Waals surface area contributed by atoms with Crippen molar-refractivity contribution in [3.63, 3.8) is 0 Å². The molecule has 0 bridgehead atoms. The summed E-state index contributed by atoms with van der Waals surface area (Å²) >= 11 is 6.12. The zero-order valence-electron chi connectivity index (χ0n) is 16.5. The Bertz CT molecular complexity index is 845. The fourth-order valence-electron chi connectivity index (χ4n) is 3.64. The Balaban J connectivity index is 0.00000300. The van der Waals surface area contributed by atoms with Crippen LogP contribution in [-0.4, -0.2) is 41.9 Å². The van der Waals surface area contributed by atoms with Gasteiger partial charge >= 0.3 is 0 Å². The minimum atomic E-state index is -0.634. The molecule has 2 amide bonds. The van der Waals surface area contributed by atoms with Crippen LogP contribution in [0.2, 0.25) is 5.02 Å². The van der Waals surface area contributed by atoms with E-state index in [0.717, 1.165) is 5.56 Å². The smallest absolute Gasteiger partial charge is 0.253 e. The van der Waals surface area contributed by atoms with E-state index in [9.17, 15) is 9.59 Å². The highest BCUT2D eigenvalue weighted by Crippen LogP contribution is 2.27. The van der Waals surface area contributed by atoms with Gasteiger partial charge in [-0.25, -0.2) is 0 Å². The van der Waals surface area contributed by atoms with E-state index in [-0.39, 0.29) is 42.1 Å². The van der Waals surface area contributed by atoms with Crippen molar-refractivity contribution >= 4 is 35.8 Å². The molecule has 0 radical (unpaired) electrons. The number of hydrogen-bond donors (Lipinski definition) is 2. The molecule has 1 aliphatic heterocycles. The second-order valence-corrected chi connectivity index (χ2v) is 8.01. The van der Waals surface area contributed by atoms with E-state index in [1.165, 1.54) is 0 Å². The summed E-state index contributed by atoms with van der Waals surface area (Å²) in [5, 5.41) is 3.23. The molecule has 3 atom stereocenters. The van der Waals surface area contributed by atoms with Crippen molar-refractivity contribution in [1.29, 1.82) is 0 Å². The standard InChI is InChI=1S/C22H26ClN3O2.ClH/c1-14(2)20(25-21(27)16-10-6-7-11-18(16)23)22(28)26-12-17(19(24)13-26)15-8-4-3-5-9-15;/h3-11,14,17,19-20H,12-13,24H2,1-2H3,(H,25,27);1H/t17-,19+,20?;/m0./s1. The van der Waals surface area contributed by atoms with Gasteiger partial charge in [-0.1, -0.05) is 67.9 Å². The highest BCUT2D eigenvalue weighted by Gasteiger charge is 2.37. The lowest BCUT2D eigenvalue weighted by molar-refractivity contribution is -0.133. The van der Waals surface area contributed by atoms with E-state index in [0.29, 0.717) is 23.7 Å². The molecule has 1 aliphatic rings. The Morgan fingerprint density at radius 3 is 2.31 bits per heavy atom. The molecule has 29 heavy (non-hydrogen) atoms. The van der Waals surface area contributed by atoms with Crippen LogP contribution in [0.4, 0.5) is 0 Å². The van der Waals surface area contributed by atoms with Gasteiger partial charge in [0.1, 0.15) is 6.04 Å². The molecule has 5 nitrogen and oxygen atoms in total. The van der Waals surface area contributed by atoms with Crippen LogP contribution in [0.15, 0.2) is 54.6 Å². The van der Waals surface area contributed by atoms with Crippen molar-refractivity contribution < 1.29 is 9.59 Å². The van der Waals surface area contributed by atoms with Crippen molar-refractivity contribution in [2.75, 3.05) is 13.1 Å². The number of likely N-dealkylation sites (tertiary alicyclic amines) is 1. The lowest BCUT2D eigenvalue weighted by Gasteiger charge is -2.27. The fraction of sp³-hybridized carbons (Fsp3) is 0.364. The molecule has 2 aromatic rings. The monoisotopic (exact) mass is 435 g/mol. The topological polar surface area (TPSA) is 75.4 Å². The first-order chi connectivity index (χ1) is 13.4. The summed E-state index contributed by atoms with van der Waals surface area (Å²) in [4.78, 5) is 27.6. The van der Waals surface area contributed by atoms with E-state index in [4.69, 9.17) is 17.3 Å². The van der Waals surface area contributed by atoms with E-state index in [2.05, 4.69) is 5.32 Å². The SMILES string of the molecule is CC(C)C(NC(=O)c1ccccc1Cl)C(=O)N1C[C@@H](N)[C@H](c2ccccc2)C1.Cl. The number of carbonyl (C=O) groups excluding carboxylic acids is 2. The van der Waals surface area contributed by atoms with Gasteiger partial charge in [0.15, 0.2) is 0 Å². The second kappa shape index (κ2) is 10.1. The number of nitrogens with two attached hydrogens (primary N) is 1. The third kappa shape index (κ3) is 5.30. The van der Waals surface area contributed by atoms with Gasteiger partial charge in [-0.05, 0) is 23.6 Å². The first-order valence-electron chi connectivity index (χ1n) is 9.53. The van der Waals surface area contributed by atoms with Crippen LogP contribution < -0.4 is 11.1 Å². The summed E-state index contributed by atoms with van der Waals surface area (Å²) in [5.41, 5.74) is 7.82. The predicted octanol–water partition coefficient (Wildman–Crippen LogP) is 3.47. The second-order valence-electron chi connectivity index (χ2n) is 7.60. The summed E-state index contributed by atoms with van der Waals surface area (Å²) < 4.78 is 0. The molecule has 1 fully saturated rings. The Morgan fingerprint density at radius 1 is 1.07 bits per heavy atom. The van der Waals surface area contributed by atoms with Gasteiger partial charge in [0.2, 0.25) is 5.91 Å². The molecule has 2 aromatic carbocycles. The molecule has 0 aliphatic carbocycles. The zero-order valence-corrected chi connectivity index (χ0v) is 18.1. The molecule has 0 spiro atoms. The Morgan fingerprint density at radius 2 is 1.69 bits per heavy atom. The Labute approximate surface area is 183 Å². The van der Waals surface area contributed by atoms with Crippen molar-refractivity contribution in [1.82, 2.24) is 10.2 Å². The number of amides is 2. The molecule has 1 unspecified atom stereocenters. The predicted molar refractivity (Wildman–Crippen MR) is 119 cm³/mol. The van der Waals surface area contributed by atoms with E-state index >= 15 is 0 Å². The number of carbonyl (C=O) groups is 2. The van der Waals surface area contributed by atoms with Crippen molar-refractivity contribution in [2.24, 2.45) is 11.7 Å². The van der Waals surface area contributed by atoms with Gasteiger partial charge in [-0.3, -0.25) is 9.59 Å². The van der Waals surface area contributed by atoms with Crippen LogP contribution in [0.25, 0.3) is 0 Å². The average molecular weight is 436 g/mol. The average Bonchev–Trinajstić information content (AvgIpc) is 3.08. The summed E-state index contributed by atoms with van der Waals surface area (Å²) in [6, 6.07) is 16.1. The third-order valence-corrected chi connectivity index (χ3v) is 5.57. The van der Waals surface area contributed by atoms with E-state index < -0.39 is 6.04 Å². The Hall–Kier alpha value is -2.08. The lowest BCUT2D eigenvalue weighted by Crippen LogP contribution is -2.51. The lowest BCUT2D eigenvalue weighted by atomic mass is 9.95. The van der Waals surface area contributed by atoms with Gasteiger partial charge in [0, 0.05) is 25.0 Å². The minimum absolute atomic E-state index is 0. The number of nitrogens with zero attached hydrogens (tertiary/aromatic N) is 1. The van der Waals surface area contributed by atoms with Gasteiger partial charge in [0.25, 0.3) is 5.91 Å². The number of nitrogens with one attached hydrogen (secondary N) is 1. The molecule has 1 saturated heterocycles. The third-order valence-electron chi connectivity index (χ3n) is 5.24. The summed E-state index contributed by atoms with van der Waals surface area (Å²) in [7, 11) is 0. The highest BCUT2D eigenvalue weighted by molar-refractivity contribution is 6.33. The molecule has 1 heterocycles. The normalized spacial score (nSPS) is 19.6. The van der Waals surface area contributed by atoms with Crippen LogP contribution in [0.1, 0.15) is 35.7 Å². The number of rotatable bonds is 5. The van der Waals surface area contributed by atoms with Crippen LogP contribution in [0.3, 0.4) is 0 Å². The number of halogens is 2. The molecular formula is C22H27Cl2N3O2. The Kier molecular flexibility index (Phi) is 8.08. The fourth-order valence-corrected chi connectivity index (χ4v) is 3.86. The van der Waals surface area contributed by atoms with Crippen molar-refractivity contribution in [3.05, 3.63) is 70.7 Å². The molecule has 3 N–H and O–H groups in total. The zero-order chi connectivity index (χ0) is 20.3. The maximum Gasteiger partial charge on any atom is 0.253 e. The first kappa shape index (κ1) is 23.2. The molecular weight excluding hydrogens is 409 g/mol. The van der Waals surface area contributed by atoms with Crippen LogP contribution in [0, 0.1) is 5.92 Å². The highest BCUT2D eigenvalue weighted by atomic mass is 35.5.